The molecule has 4 nitrogen and oxygen atoms in total. The van der Waals surface area contributed by atoms with Gasteiger partial charge in [-0.15, -0.1) is 0 Å². The van der Waals surface area contributed by atoms with Crippen molar-refractivity contribution in [2.75, 3.05) is 13.7 Å². The Hall–Kier alpha value is -1.84. The summed E-state index contributed by atoms with van der Waals surface area (Å²) in [6, 6.07) is 9.58. The quantitative estimate of drug-likeness (QED) is 0.737. The molecule has 0 aliphatic carbocycles. The molecule has 1 fully saturated rings. The van der Waals surface area contributed by atoms with E-state index in [0.29, 0.717) is 6.42 Å². The van der Waals surface area contributed by atoms with Crippen LogP contribution in [0.4, 0.5) is 0 Å². The van der Waals surface area contributed by atoms with E-state index in [0.717, 1.165) is 5.56 Å². The second kappa shape index (κ2) is 4.99. The maximum atomic E-state index is 11.6. The average Bonchev–Trinajstić information content (AvgIpc) is 2.72. The Kier molecular flexibility index (Phi) is 3.42. The zero-order valence-corrected chi connectivity index (χ0v) is 9.59. The molecule has 0 aromatic heterocycles. The lowest BCUT2D eigenvalue weighted by atomic mass is 9.89. The normalized spacial score (nSPS) is 23.2. The minimum absolute atomic E-state index is 0.128. The van der Waals surface area contributed by atoms with Crippen LogP contribution in [-0.4, -0.2) is 25.7 Å². The van der Waals surface area contributed by atoms with Crippen molar-refractivity contribution in [1.82, 2.24) is 0 Å². The largest absolute Gasteiger partial charge is 0.469 e. The third-order valence-corrected chi connectivity index (χ3v) is 3.00. The fraction of sp³-hybridized carbons (Fsp3) is 0.385. The van der Waals surface area contributed by atoms with E-state index in [1.807, 2.05) is 30.3 Å². The third kappa shape index (κ3) is 2.46. The second-order valence-electron chi connectivity index (χ2n) is 4.06. The van der Waals surface area contributed by atoms with E-state index in [1.165, 1.54) is 7.11 Å². The van der Waals surface area contributed by atoms with E-state index in [4.69, 9.17) is 4.74 Å². The summed E-state index contributed by atoms with van der Waals surface area (Å²) in [6.45, 7) is 0.128. The number of carbonyl (C=O) groups is 2. The highest BCUT2D eigenvalue weighted by atomic mass is 16.6. The van der Waals surface area contributed by atoms with Crippen LogP contribution in [0, 0.1) is 11.8 Å². The van der Waals surface area contributed by atoms with Gasteiger partial charge in [0.1, 0.15) is 12.5 Å². The van der Waals surface area contributed by atoms with Gasteiger partial charge in [-0.3, -0.25) is 9.59 Å². The summed E-state index contributed by atoms with van der Waals surface area (Å²) >= 11 is 0. The SMILES string of the molecule is COC(=O)[C@@H]1COC(=O)[C@@H]1Cc1ccccc1. The van der Waals surface area contributed by atoms with Crippen molar-refractivity contribution in [3.63, 3.8) is 0 Å². The molecule has 0 saturated carbocycles. The fourth-order valence-corrected chi connectivity index (χ4v) is 2.04. The van der Waals surface area contributed by atoms with Crippen molar-refractivity contribution < 1.29 is 19.1 Å². The fourth-order valence-electron chi connectivity index (χ4n) is 2.04. The van der Waals surface area contributed by atoms with Gasteiger partial charge in [-0.1, -0.05) is 30.3 Å². The second-order valence-corrected chi connectivity index (χ2v) is 4.06. The van der Waals surface area contributed by atoms with Crippen LogP contribution in [0.3, 0.4) is 0 Å². The van der Waals surface area contributed by atoms with Crippen LogP contribution >= 0.6 is 0 Å². The molecule has 1 aliphatic rings. The Labute approximate surface area is 99.5 Å². The summed E-state index contributed by atoms with van der Waals surface area (Å²) in [5.41, 5.74) is 1.02. The number of ether oxygens (including phenoxy) is 2. The summed E-state index contributed by atoms with van der Waals surface area (Å²) in [7, 11) is 1.32. The first-order chi connectivity index (χ1) is 8.22. The molecule has 0 spiro atoms. The minimum Gasteiger partial charge on any atom is -0.469 e. The highest BCUT2D eigenvalue weighted by molar-refractivity contribution is 5.85. The maximum absolute atomic E-state index is 11.6. The van der Waals surface area contributed by atoms with Gasteiger partial charge in [0.25, 0.3) is 0 Å². The van der Waals surface area contributed by atoms with Gasteiger partial charge in [0.2, 0.25) is 0 Å². The standard InChI is InChI=1S/C13H14O4/c1-16-12(14)11-8-17-13(15)10(11)7-9-5-3-2-4-6-9/h2-6,10-11H,7-8H2,1H3/t10-,11-/m1/s1. The lowest BCUT2D eigenvalue weighted by Crippen LogP contribution is -2.26. The number of benzene rings is 1. The minimum atomic E-state index is -0.479. The molecule has 1 heterocycles. The van der Waals surface area contributed by atoms with Crippen molar-refractivity contribution >= 4 is 11.9 Å². The highest BCUT2D eigenvalue weighted by Gasteiger charge is 2.42. The molecule has 0 amide bonds. The predicted octanol–water partition coefficient (Wildman–Crippen LogP) is 1.19. The molecule has 17 heavy (non-hydrogen) atoms. The van der Waals surface area contributed by atoms with Gasteiger partial charge < -0.3 is 9.47 Å². The van der Waals surface area contributed by atoms with Crippen LogP contribution in [0.1, 0.15) is 5.56 Å². The smallest absolute Gasteiger partial charge is 0.313 e. The van der Waals surface area contributed by atoms with Crippen molar-refractivity contribution in [2.45, 2.75) is 6.42 Å². The molecule has 1 saturated heterocycles. The zero-order chi connectivity index (χ0) is 12.3. The average molecular weight is 234 g/mol. The first kappa shape index (κ1) is 11.6. The molecule has 1 aromatic carbocycles. The third-order valence-electron chi connectivity index (χ3n) is 3.00. The monoisotopic (exact) mass is 234 g/mol. The van der Waals surface area contributed by atoms with Crippen LogP contribution in [0.25, 0.3) is 0 Å². The number of methoxy groups -OCH3 is 1. The van der Waals surface area contributed by atoms with Crippen LogP contribution in [-0.2, 0) is 25.5 Å². The molecule has 2 rings (SSSR count). The van der Waals surface area contributed by atoms with E-state index in [-0.39, 0.29) is 18.5 Å². The van der Waals surface area contributed by atoms with E-state index in [1.54, 1.807) is 0 Å². The Bertz CT molecular complexity index is 413. The van der Waals surface area contributed by atoms with Crippen molar-refractivity contribution in [2.24, 2.45) is 11.8 Å². The van der Waals surface area contributed by atoms with Gasteiger partial charge in [0.05, 0.1) is 13.0 Å². The number of hydrogen-bond donors (Lipinski definition) is 0. The van der Waals surface area contributed by atoms with Gasteiger partial charge in [-0.05, 0) is 12.0 Å². The molecule has 0 bridgehead atoms. The molecule has 2 atom stereocenters. The topological polar surface area (TPSA) is 52.6 Å². The first-order valence-electron chi connectivity index (χ1n) is 5.50. The molecule has 0 radical (unpaired) electrons. The van der Waals surface area contributed by atoms with Gasteiger partial charge in [-0.25, -0.2) is 0 Å². The number of esters is 2. The van der Waals surface area contributed by atoms with Crippen LogP contribution in [0.15, 0.2) is 30.3 Å². The Morgan fingerprint density at radius 3 is 2.76 bits per heavy atom. The number of cyclic esters (lactones) is 1. The maximum Gasteiger partial charge on any atom is 0.313 e. The van der Waals surface area contributed by atoms with Crippen molar-refractivity contribution in [3.05, 3.63) is 35.9 Å². The Morgan fingerprint density at radius 2 is 2.12 bits per heavy atom. The van der Waals surface area contributed by atoms with E-state index in [9.17, 15) is 9.59 Å². The number of carbonyl (C=O) groups excluding carboxylic acids is 2. The Balaban J connectivity index is 2.12. The molecule has 0 N–H and O–H groups in total. The molecular weight excluding hydrogens is 220 g/mol. The van der Waals surface area contributed by atoms with Gasteiger partial charge >= 0.3 is 11.9 Å². The summed E-state index contributed by atoms with van der Waals surface area (Å²) in [4.78, 5) is 23.1. The summed E-state index contributed by atoms with van der Waals surface area (Å²) in [6.07, 6.45) is 0.513. The molecule has 1 aromatic rings. The molecular formula is C13H14O4. The van der Waals surface area contributed by atoms with Crippen molar-refractivity contribution in [3.8, 4) is 0 Å². The lowest BCUT2D eigenvalue weighted by Gasteiger charge is -2.12. The van der Waals surface area contributed by atoms with Gasteiger partial charge in [0, 0.05) is 0 Å². The van der Waals surface area contributed by atoms with Crippen LogP contribution in [0.5, 0.6) is 0 Å². The number of rotatable bonds is 3. The predicted molar refractivity (Wildman–Crippen MR) is 60.1 cm³/mol. The van der Waals surface area contributed by atoms with E-state index < -0.39 is 11.8 Å². The summed E-state index contributed by atoms with van der Waals surface area (Å²) in [5.74, 6) is -1.60. The van der Waals surface area contributed by atoms with Gasteiger partial charge in [0.15, 0.2) is 0 Å². The van der Waals surface area contributed by atoms with Crippen LogP contribution in [0.2, 0.25) is 0 Å². The number of hydrogen-bond acceptors (Lipinski definition) is 4. The zero-order valence-electron chi connectivity index (χ0n) is 9.59. The molecule has 4 heteroatoms. The molecule has 0 unspecified atom stereocenters. The van der Waals surface area contributed by atoms with E-state index >= 15 is 0 Å². The lowest BCUT2D eigenvalue weighted by molar-refractivity contribution is -0.147. The van der Waals surface area contributed by atoms with Gasteiger partial charge in [-0.2, -0.15) is 0 Å². The molecule has 90 valence electrons. The van der Waals surface area contributed by atoms with Crippen molar-refractivity contribution in [1.29, 1.82) is 0 Å². The molecule has 1 aliphatic heterocycles. The van der Waals surface area contributed by atoms with E-state index in [2.05, 4.69) is 4.74 Å². The Morgan fingerprint density at radius 1 is 1.41 bits per heavy atom. The summed E-state index contributed by atoms with van der Waals surface area (Å²) < 4.78 is 9.61. The highest BCUT2D eigenvalue weighted by Crippen LogP contribution is 2.26. The van der Waals surface area contributed by atoms with Crippen LogP contribution < -0.4 is 0 Å². The summed E-state index contributed by atoms with van der Waals surface area (Å²) in [5, 5.41) is 0. The first-order valence-corrected chi connectivity index (χ1v) is 5.50.